The molecule has 0 amide bonds. The van der Waals surface area contributed by atoms with Crippen molar-refractivity contribution < 1.29 is 9.47 Å². The van der Waals surface area contributed by atoms with Crippen molar-refractivity contribution in [1.29, 1.82) is 0 Å². The standard InChI is InChI=1S/C17H26ClNO2/c1-11(2)12-9-13(20-3)16(21-4)14(15(12)18)17(10-19)7-5-6-8-17/h9,11H,5-8,10,19H2,1-4H3. The molecule has 0 saturated heterocycles. The summed E-state index contributed by atoms with van der Waals surface area (Å²) in [5.74, 6) is 1.83. The molecule has 1 aromatic carbocycles. The molecule has 2 N–H and O–H groups in total. The highest BCUT2D eigenvalue weighted by atomic mass is 35.5. The molecule has 1 saturated carbocycles. The second-order valence-electron chi connectivity index (χ2n) is 6.24. The van der Waals surface area contributed by atoms with Gasteiger partial charge in [-0.1, -0.05) is 38.3 Å². The molecular formula is C17H26ClNO2. The zero-order valence-electron chi connectivity index (χ0n) is 13.5. The average Bonchev–Trinajstić information content (AvgIpc) is 2.95. The number of ether oxygens (including phenoxy) is 2. The van der Waals surface area contributed by atoms with E-state index in [0.29, 0.717) is 12.5 Å². The van der Waals surface area contributed by atoms with Gasteiger partial charge in [-0.3, -0.25) is 0 Å². The Labute approximate surface area is 132 Å². The van der Waals surface area contributed by atoms with Crippen LogP contribution < -0.4 is 15.2 Å². The summed E-state index contributed by atoms with van der Waals surface area (Å²) in [6, 6.07) is 1.99. The molecule has 0 aromatic heterocycles. The molecule has 0 bridgehead atoms. The van der Waals surface area contributed by atoms with E-state index in [4.69, 9.17) is 26.8 Å². The Kier molecular flexibility index (Phi) is 5.05. The van der Waals surface area contributed by atoms with Gasteiger partial charge in [-0.25, -0.2) is 0 Å². The third-order valence-electron chi connectivity index (χ3n) is 4.74. The van der Waals surface area contributed by atoms with Crippen LogP contribution in [0, 0.1) is 0 Å². The van der Waals surface area contributed by atoms with Gasteiger partial charge in [-0.2, -0.15) is 0 Å². The third kappa shape index (κ3) is 2.74. The number of hydrogen-bond donors (Lipinski definition) is 1. The van der Waals surface area contributed by atoms with Crippen molar-refractivity contribution in [3.63, 3.8) is 0 Å². The molecule has 1 aliphatic rings. The van der Waals surface area contributed by atoms with Gasteiger partial charge in [0.1, 0.15) is 0 Å². The highest BCUT2D eigenvalue weighted by Gasteiger charge is 2.40. The minimum Gasteiger partial charge on any atom is -0.493 e. The molecule has 0 spiro atoms. The lowest BCUT2D eigenvalue weighted by atomic mass is 9.77. The highest BCUT2D eigenvalue weighted by Crippen LogP contribution is 2.52. The summed E-state index contributed by atoms with van der Waals surface area (Å²) in [5.41, 5.74) is 8.22. The Hall–Kier alpha value is -0.930. The number of halogens is 1. The van der Waals surface area contributed by atoms with Crippen molar-refractivity contribution >= 4 is 11.6 Å². The van der Waals surface area contributed by atoms with Crippen molar-refractivity contribution in [3.8, 4) is 11.5 Å². The largest absolute Gasteiger partial charge is 0.493 e. The van der Waals surface area contributed by atoms with Crippen molar-refractivity contribution in [2.75, 3.05) is 20.8 Å². The van der Waals surface area contributed by atoms with Crippen LogP contribution in [0.3, 0.4) is 0 Å². The van der Waals surface area contributed by atoms with Crippen molar-refractivity contribution in [1.82, 2.24) is 0 Å². The Bertz CT molecular complexity index is 508. The summed E-state index contributed by atoms with van der Waals surface area (Å²) in [4.78, 5) is 0. The molecule has 1 aliphatic carbocycles. The zero-order valence-corrected chi connectivity index (χ0v) is 14.2. The number of methoxy groups -OCH3 is 2. The lowest BCUT2D eigenvalue weighted by molar-refractivity contribution is 0.336. The molecule has 4 heteroatoms. The van der Waals surface area contributed by atoms with Crippen LogP contribution in [-0.2, 0) is 5.41 Å². The molecule has 3 nitrogen and oxygen atoms in total. The summed E-state index contributed by atoms with van der Waals surface area (Å²) < 4.78 is 11.2. The second-order valence-corrected chi connectivity index (χ2v) is 6.61. The fourth-order valence-corrected chi connectivity index (χ4v) is 4.05. The number of benzene rings is 1. The lowest BCUT2D eigenvalue weighted by Crippen LogP contribution is -2.33. The quantitative estimate of drug-likeness (QED) is 0.884. The van der Waals surface area contributed by atoms with Gasteiger partial charge in [0.2, 0.25) is 0 Å². The first-order chi connectivity index (χ1) is 10.0. The molecule has 0 heterocycles. The molecule has 0 atom stereocenters. The molecule has 21 heavy (non-hydrogen) atoms. The van der Waals surface area contributed by atoms with Gasteiger partial charge < -0.3 is 15.2 Å². The smallest absolute Gasteiger partial charge is 0.166 e. The molecule has 0 unspecified atom stereocenters. The van der Waals surface area contributed by atoms with E-state index < -0.39 is 0 Å². The fourth-order valence-electron chi connectivity index (χ4n) is 3.49. The highest BCUT2D eigenvalue weighted by molar-refractivity contribution is 6.32. The van der Waals surface area contributed by atoms with Gasteiger partial charge in [0, 0.05) is 17.5 Å². The number of hydrogen-bond acceptors (Lipinski definition) is 3. The predicted molar refractivity (Wildman–Crippen MR) is 87.8 cm³/mol. The number of rotatable bonds is 5. The van der Waals surface area contributed by atoms with Crippen LogP contribution in [0.2, 0.25) is 5.02 Å². The lowest BCUT2D eigenvalue weighted by Gasteiger charge is -2.32. The Morgan fingerprint density at radius 2 is 1.86 bits per heavy atom. The normalized spacial score (nSPS) is 17.3. The summed E-state index contributed by atoms with van der Waals surface area (Å²) in [6.45, 7) is 4.87. The van der Waals surface area contributed by atoms with Gasteiger partial charge in [0.05, 0.1) is 19.2 Å². The molecule has 0 aliphatic heterocycles. The van der Waals surface area contributed by atoms with E-state index in [1.165, 1.54) is 12.8 Å². The van der Waals surface area contributed by atoms with E-state index in [0.717, 1.165) is 40.5 Å². The van der Waals surface area contributed by atoms with Crippen LogP contribution in [-0.4, -0.2) is 20.8 Å². The minimum absolute atomic E-state index is 0.0827. The summed E-state index contributed by atoms with van der Waals surface area (Å²) in [6.07, 6.45) is 4.49. The zero-order chi connectivity index (χ0) is 15.6. The monoisotopic (exact) mass is 311 g/mol. The maximum Gasteiger partial charge on any atom is 0.166 e. The van der Waals surface area contributed by atoms with E-state index in [9.17, 15) is 0 Å². The average molecular weight is 312 g/mol. The summed E-state index contributed by atoms with van der Waals surface area (Å²) in [7, 11) is 3.34. The molecule has 0 radical (unpaired) electrons. The van der Waals surface area contributed by atoms with Gasteiger partial charge in [-0.05, 0) is 30.4 Å². The van der Waals surface area contributed by atoms with Crippen LogP contribution >= 0.6 is 11.6 Å². The van der Waals surface area contributed by atoms with Crippen LogP contribution in [0.4, 0.5) is 0 Å². The van der Waals surface area contributed by atoms with Crippen molar-refractivity contribution in [3.05, 3.63) is 22.2 Å². The van der Waals surface area contributed by atoms with Crippen molar-refractivity contribution in [2.24, 2.45) is 5.73 Å². The van der Waals surface area contributed by atoms with Crippen LogP contribution in [0.1, 0.15) is 56.6 Å². The van der Waals surface area contributed by atoms with Gasteiger partial charge in [-0.15, -0.1) is 0 Å². The SMILES string of the molecule is COc1cc(C(C)C)c(Cl)c(C2(CN)CCCC2)c1OC. The van der Waals surface area contributed by atoms with Crippen LogP contribution in [0.25, 0.3) is 0 Å². The fraction of sp³-hybridized carbons (Fsp3) is 0.647. The van der Waals surface area contributed by atoms with E-state index >= 15 is 0 Å². The maximum absolute atomic E-state index is 6.77. The van der Waals surface area contributed by atoms with E-state index in [1.807, 2.05) is 6.07 Å². The first-order valence-corrected chi connectivity index (χ1v) is 8.03. The summed E-state index contributed by atoms with van der Waals surface area (Å²) in [5, 5.41) is 0.801. The second kappa shape index (κ2) is 6.45. The van der Waals surface area contributed by atoms with E-state index in [2.05, 4.69) is 13.8 Å². The first-order valence-electron chi connectivity index (χ1n) is 7.65. The Balaban J connectivity index is 2.74. The Morgan fingerprint density at radius 1 is 1.24 bits per heavy atom. The summed E-state index contributed by atoms with van der Waals surface area (Å²) >= 11 is 6.77. The molecular weight excluding hydrogens is 286 g/mol. The van der Waals surface area contributed by atoms with Gasteiger partial charge in [0.25, 0.3) is 0 Å². The maximum atomic E-state index is 6.77. The molecule has 118 valence electrons. The molecule has 2 rings (SSSR count). The van der Waals surface area contributed by atoms with E-state index in [1.54, 1.807) is 14.2 Å². The number of nitrogens with two attached hydrogens (primary N) is 1. The molecule has 1 fully saturated rings. The van der Waals surface area contributed by atoms with E-state index in [-0.39, 0.29) is 5.41 Å². The molecule has 1 aromatic rings. The van der Waals surface area contributed by atoms with Crippen LogP contribution in [0.5, 0.6) is 11.5 Å². The van der Waals surface area contributed by atoms with Crippen molar-refractivity contribution in [2.45, 2.75) is 50.9 Å². The van der Waals surface area contributed by atoms with Crippen LogP contribution in [0.15, 0.2) is 6.07 Å². The third-order valence-corrected chi connectivity index (χ3v) is 5.15. The predicted octanol–water partition coefficient (Wildman–Crippen LogP) is 4.25. The van der Waals surface area contributed by atoms with Gasteiger partial charge in [0.15, 0.2) is 11.5 Å². The Morgan fingerprint density at radius 3 is 2.29 bits per heavy atom. The van der Waals surface area contributed by atoms with Gasteiger partial charge >= 0.3 is 0 Å². The minimum atomic E-state index is -0.0827. The topological polar surface area (TPSA) is 44.5 Å². The first kappa shape index (κ1) is 16.4.